The minimum absolute atomic E-state index is 0.251. The lowest BCUT2D eigenvalue weighted by Crippen LogP contribution is -2.24. The molecule has 19 heavy (non-hydrogen) atoms. The number of nitrogens with zero attached hydrogens (tertiary/aromatic N) is 1. The van der Waals surface area contributed by atoms with Crippen LogP contribution in [0.5, 0.6) is 0 Å². The molecule has 1 unspecified atom stereocenters. The fourth-order valence-electron chi connectivity index (χ4n) is 2.06. The Morgan fingerprint density at radius 2 is 2.26 bits per heavy atom. The predicted molar refractivity (Wildman–Crippen MR) is 83.0 cm³/mol. The van der Waals surface area contributed by atoms with Crippen molar-refractivity contribution in [1.29, 1.82) is 0 Å². The molecule has 0 spiro atoms. The number of aromatic nitrogens is 1. The van der Waals surface area contributed by atoms with Gasteiger partial charge in [0.1, 0.15) is 0 Å². The summed E-state index contributed by atoms with van der Waals surface area (Å²) in [6, 6.07) is 6.30. The van der Waals surface area contributed by atoms with Crippen molar-refractivity contribution >= 4 is 22.9 Å². The number of pyridine rings is 1. The molecule has 0 aliphatic carbocycles. The van der Waals surface area contributed by atoms with Crippen LogP contribution in [-0.4, -0.2) is 11.5 Å². The van der Waals surface area contributed by atoms with Crippen molar-refractivity contribution in [2.24, 2.45) is 0 Å². The van der Waals surface area contributed by atoms with Crippen LogP contribution in [0.3, 0.4) is 0 Å². The number of nitrogens with one attached hydrogen (secondary N) is 1. The molecule has 2 aromatic heterocycles. The molecule has 4 heteroatoms. The van der Waals surface area contributed by atoms with Crippen molar-refractivity contribution in [2.45, 2.75) is 32.7 Å². The van der Waals surface area contributed by atoms with Crippen LogP contribution in [0.2, 0.25) is 5.02 Å². The van der Waals surface area contributed by atoms with Gasteiger partial charge in [-0.15, -0.1) is 11.3 Å². The lowest BCUT2D eigenvalue weighted by molar-refractivity contribution is 0.530. The number of rotatable bonds is 6. The minimum atomic E-state index is 0.251. The summed E-state index contributed by atoms with van der Waals surface area (Å²) in [7, 11) is 0. The van der Waals surface area contributed by atoms with Gasteiger partial charge in [-0.25, -0.2) is 0 Å². The third-order valence-corrected chi connectivity index (χ3v) is 4.59. The first-order valence-corrected chi connectivity index (χ1v) is 7.85. The summed E-state index contributed by atoms with van der Waals surface area (Å²) in [6.45, 7) is 5.27. The number of thiophene rings is 1. The zero-order chi connectivity index (χ0) is 13.7. The van der Waals surface area contributed by atoms with Gasteiger partial charge in [0.25, 0.3) is 0 Å². The SMILES string of the molecule is CCCNC(Cc1ncccc1C)c1sccc1Cl. The monoisotopic (exact) mass is 294 g/mol. The van der Waals surface area contributed by atoms with E-state index < -0.39 is 0 Å². The van der Waals surface area contributed by atoms with Crippen LogP contribution >= 0.6 is 22.9 Å². The third-order valence-electron chi connectivity index (χ3n) is 3.12. The summed E-state index contributed by atoms with van der Waals surface area (Å²) < 4.78 is 0. The number of hydrogen-bond acceptors (Lipinski definition) is 3. The lowest BCUT2D eigenvalue weighted by Gasteiger charge is -2.18. The van der Waals surface area contributed by atoms with Gasteiger partial charge in [0.2, 0.25) is 0 Å². The molecule has 2 heterocycles. The Balaban J connectivity index is 2.19. The summed E-state index contributed by atoms with van der Waals surface area (Å²) in [5.41, 5.74) is 2.37. The molecule has 0 radical (unpaired) electrons. The smallest absolute Gasteiger partial charge is 0.0561 e. The van der Waals surface area contributed by atoms with Gasteiger partial charge < -0.3 is 5.32 Å². The summed E-state index contributed by atoms with van der Waals surface area (Å²) >= 11 is 7.98. The van der Waals surface area contributed by atoms with Crippen molar-refractivity contribution in [3.63, 3.8) is 0 Å². The van der Waals surface area contributed by atoms with Gasteiger partial charge in [-0.1, -0.05) is 24.6 Å². The molecule has 102 valence electrons. The van der Waals surface area contributed by atoms with Crippen LogP contribution in [0.25, 0.3) is 0 Å². The molecule has 1 N–H and O–H groups in total. The van der Waals surface area contributed by atoms with E-state index in [1.54, 1.807) is 11.3 Å². The average molecular weight is 295 g/mol. The Kier molecular flexibility index (Phi) is 5.37. The number of halogens is 1. The molecule has 0 amide bonds. The maximum atomic E-state index is 6.27. The summed E-state index contributed by atoms with van der Waals surface area (Å²) in [5.74, 6) is 0. The van der Waals surface area contributed by atoms with Gasteiger partial charge in [-0.2, -0.15) is 0 Å². The standard InChI is InChI=1S/C15H19ClN2S/c1-3-7-17-14(15-12(16)6-9-19-15)10-13-11(2)5-4-8-18-13/h4-6,8-9,14,17H,3,7,10H2,1-2H3. The summed E-state index contributed by atoms with van der Waals surface area (Å²) in [4.78, 5) is 5.70. The molecule has 0 saturated carbocycles. The van der Waals surface area contributed by atoms with E-state index in [4.69, 9.17) is 11.6 Å². The van der Waals surface area contributed by atoms with Crippen molar-refractivity contribution < 1.29 is 0 Å². The largest absolute Gasteiger partial charge is 0.309 e. The number of hydrogen-bond donors (Lipinski definition) is 1. The van der Waals surface area contributed by atoms with Gasteiger partial charge in [0.15, 0.2) is 0 Å². The van der Waals surface area contributed by atoms with E-state index in [0.717, 1.165) is 30.1 Å². The van der Waals surface area contributed by atoms with Crippen LogP contribution < -0.4 is 5.32 Å². The molecular weight excluding hydrogens is 276 g/mol. The van der Waals surface area contributed by atoms with Crippen molar-refractivity contribution in [2.75, 3.05) is 6.54 Å². The fraction of sp³-hybridized carbons (Fsp3) is 0.400. The van der Waals surface area contributed by atoms with E-state index in [-0.39, 0.29) is 6.04 Å². The van der Waals surface area contributed by atoms with Crippen LogP contribution in [-0.2, 0) is 6.42 Å². The molecule has 0 aliphatic rings. The molecule has 0 aromatic carbocycles. The Bertz CT molecular complexity index is 524. The van der Waals surface area contributed by atoms with E-state index >= 15 is 0 Å². The Labute approximate surface area is 123 Å². The second kappa shape index (κ2) is 7.04. The highest BCUT2D eigenvalue weighted by Gasteiger charge is 2.17. The van der Waals surface area contributed by atoms with E-state index in [2.05, 4.69) is 30.2 Å². The zero-order valence-corrected chi connectivity index (χ0v) is 12.9. The quantitative estimate of drug-likeness (QED) is 0.855. The molecule has 2 rings (SSSR count). The highest BCUT2D eigenvalue weighted by Crippen LogP contribution is 2.31. The highest BCUT2D eigenvalue weighted by molar-refractivity contribution is 7.10. The molecule has 2 aromatic rings. The molecule has 0 saturated heterocycles. The Hall–Kier alpha value is -0.900. The minimum Gasteiger partial charge on any atom is -0.309 e. The molecule has 0 fully saturated rings. The van der Waals surface area contributed by atoms with Crippen molar-refractivity contribution in [3.8, 4) is 0 Å². The third kappa shape index (κ3) is 3.78. The predicted octanol–water partition coefficient (Wildman–Crippen LogP) is 4.39. The van der Waals surface area contributed by atoms with E-state index in [0.29, 0.717) is 0 Å². The topological polar surface area (TPSA) is 24.9 Å². The van der Waals surface area contributed by atoms with Gasteiger partial charge in [0.05, 0.1) is 5.02 Å². The van der Waals surface area contributed by atoms with Crippen LogP contribution in [0.1, 0.15) is 35.5 Å². The number of aryl methyl sites for hydroxylation is 1. The second-order valence-corrected chi connectivity index (χ2v) is 5.97. The molecule has 2 nitrogen and oxygen atoms in total. The summed E-state index contributed by atoms with van der Waals surface area (Å²) in [5, 5.41) is 6.47. The normalized spacial score (nSPS) is 12.6. The second-order valence-electron chi connectivity index (χ2n) is 4.61. The first-order valence-electron chi connectivity index (χ1n) is 6.59. The molecule has 1 atom stereocenters. The first-order chi connectivity index (χ1) is 9.22. The van der Waals surface area contributed by atoms with Crippen molar-refractivity contribution in [1.82, 2.24) is 10.3 Å². The Morgan fingerprint density at radius 1 is 1.42 bits per heavy atom. The fourth-order valence-corrected chi connectivity index (χ4v) is 3.32. The summed E-state index contributed by atoms with van der Waals surface area (Å²) in [6.07, 6.45) is 3.85. The van der Waals surface area contributed by atoms with Gasteiger partial charge in [-0.3, -0.25) is 4.98 Å². The Morgan fingerprint density at radius 3 is 2.89 bits per heavy atom. The van der Waals surface area contributed by atoms with Crippen LogP contribution in [0.4, 0.5) is 0 Å². The van der Waals surface area contributed by atoms with Crippen LogP contribution in [0, 0.1) is 6.92 Å². The van der Waals surface area contributed by atoms with E-state index in [1.165, 1.54) is 10.4 Å². The van der Waals surface area contributed by atoms with Crippen LogP contribution in [0.15, 0.2) is 29.8 Å². The maximum Gasteiger partial charge on any atom is 0.0561 e. The van der Waals surface area contributed by atoms with Crippen molar-refractivity contribution in [3.05, 3.63) is 50.9 Å². The average Bonchev–Trinajstić information content (AvgIpc) is 2.83. The highest BCUT2D eigenvalue weighted by atomic mass is 35.5. The molecule has 0 bridgehead atoms. The van der Waals surface area contributed by atoms with E-state index in [1.807, 2.05) is 23.7 Å². The molecule has 0 aliphatic heterocycles. The van der Waals surface area contributed by atoms with Gasteiger partial charge in [0, 0.05) is 29.2 Å². The maximum absolute atomic E-state index is 6.27. The zero-order valence-electron chi connectivity index (χ0n) is 11.3. The lowest BCUT2D eigenvalue weighted by atomic mass is 10.1. The molecular formula is C15H19ClN2S. The van der Waals surface area contributed by atoms with Gasteiger partial charge >= 0.3 is 0 Å². The van der Waals surface area contributed by atoms with Gasteiger partial charge in [-0.05, 0) is 43.0 Å². The first kappa shape index (κ1) is 14.5. The van der Waals surface area contributed by atoms with E-state index in [9.17, 15) is 0 Å².